The predicted molar refractivity (Wildman–Crippen MR) is 69.7 cm³/mol. The molecule has 2 N–H and O–H groups in total. The molecule has 15 heavy (non-hydrogen) atoms. The maximum atomic E-state index is 5.76. The van der Waals surface area contributed by atoms with Crippen molar-refractivity contribution in [1.82, 2.24) is 0 Å². The fraction of sp³-hybridized carbons (Fsp3) is 0.364. The molecule has 0 fully saturated rings. The van der Waals surface area contributed by atoms with Crippen molar-refractivity contribution in [2.75, 3.05) is 6.54 Å². The molecule has 2 nitrogen and oxygen atoms in total. The predicted octanol–water partition coefficient (Wildman–Crippen LogP) is 2.78. The molecule has 0 radical (unpaired) electrons. The average Bonchev–Trinajstić information content (AvgIpc) is 2.19. The highest BCUT2D eigenvalue weighted by Crippen LogP contribution is 2.41. The Labute approximate surface area is 101 Å². The van der Waals surface area contributed by atoms with Gasteiger partial charge < -0.3 is 5.73 Å². The molecule has 0 spiro atoms. The molecule has 0 bridgehead atoms. The molecular formula is C11H15ClN2S. The summed E-state index contributed by atoms with van der Waals surface area (Å²) in [6.07, 6.45) is 1.06. The van der Waals surface area contributed by atoms with E-state index in [1.165, 1.54) is 5.56 Å². The number of halogens is 1. The zero-order valence-electron chi connectivity index (χ0n) is 8.64. The molecule has 1 aliphatic heterocycles. The van der Waals surface area contributed by atoms with E-state index in [4.69, 9.17) is 5.73 Å². The molecule has 1 aromatic rings. The highest BCUT2D eigenvalue weighted by atomic mass is 35.5. The lowest BCUT2D eigenvalue weighted by atomic mass is 9.97. The number of thioether (sulfide) groups is 1. The summed E-state index contributed by atoms with van der Waals surface area (Å²) in [5.74, 6) is 0. The maximum absolute atomic E-state index is 5.76. The molecule has 1 aromatic carbocycles. The normalized spacial score (nSPS) is 25.3. The number of benzene rings is 1. The third-order valence-corrected chi connectivity index (χ3v) is 3.80. The van der Waals surface area contributed by atoms with E-state index in [1.54, 1.807) is 11.8 Å². The topological polar surface area (TPSA) is 38.4 Å². The van der Waals surface area contributed by atoms with E-state index in [1.807, 2.05) is 6.07 Å². The fourth-order valence-corrected chi connectivity index (χ4v) is 2.75. The van der Waals surface area contributed by atoms with Crippen LogP contribution in [-0.4, -0.2) is 11.7 Å². The minimum absolute atomic E-state index is 0. The molecule has 82 valence electrons. The Morgan fingerprint density at radius 2 is 2.00 bits per heavy atom. The molecule has 0 aliphatic carbocycles. The summed E-state index contributed by atoms with van der Waals surface area (Å²) in [7, 11) is 0. The van der Waals surface area contributed by atoms with Gasteiger partial charge >= 0.3 is 0 Å². The first-order chi connectivity index (χ1) is 6.71. The standard InChI is InChI=1S/C11H14N2S.ClH/c1-11(7-8-13-10(12)14-11)9-5-3-2-4-6-9;/h2-6H,7-8H2,1H3,(H2,12,13);1H. The van der Waals surface area contributed by atoms with Crippen LogP contribution in [0.1, 0.15) is 18.9 Å². The van der Waals surface area contributed by atoms with Crippen molar-refractivity contribution < 1.29 is 0 Å². The van der Waals surface area contributed by atoms with Crippen LogP contribution in [0.2, 0.25) is 0 Å². The second-order valence-corrected chi connectivity index (χ2v) is 5.19. The van der Waals surface area contributed by atoms with Gasteiger partial charge in [-0.15, -0.1) is 12.4 Å². The van der Waals surface area contributed by atoms with Gasteiger partial charge in [0.2, 0.25) is 0 Å². The molecule has 0 saturated carbocycles. The van der Waals surface area contributed by atoms with Crippen molar-refractivity contribution in [1.29, 1.82) is 0 Å². The minimum Gasteiger partial charge on any atom is -0.379 e. The van der Waals surface area contributed by atoms with Crippen LogP contribution in [0.15, 0.2) is 35.3 Å². The van der Waals surface area contributed by atoms with E-state index in [-0.39, 0.29) is 17.2 Å². The molecule has 1 aliphatic rings. The molecule has 1 atom stereocenters. The molecule has 1 unspecified atom stereocenters. The summed E-state index contributed by atoms with van der Waals surface area (Å²) in [4.78, 5) is 4.21. The van der Waals surface area contributed by atoms with Gasteiger partial charge in [-0.1, -0.05) is 42.1 Å². The maximum Gasteiger partial charge on any atom is 0.154 e. The number of nitrogens with two attached hydrogens (primary N) is 1. The average molecular weight is 243 g/mol. The second-order valence-electron chi connectivity index (χ2n) is 3.67. The highest BCUT2D eigenvalue weighted by molar-refractivity contribution is 8.14. The Morgan fingerprint density at radius 3 is 2.60 bits per heavy atom. The van der Waals surface area contributed by atoms with Gasteiger partial charge in [-0.05, 0) is 18.9 Å². The van der Waals surface area contributed by atoms with Crippen LogP contribution in [0.3, 0.4) is 0 Å². The van der Waals surface area contributed by atoms with Crippen LogP contribution in [0.25, 0.3) is 0 Å². The number of nitrogens with zero attached hydrogens (tertiary/aromatic N) is 1. The van der Waals surface area contributed by atoms with Crippen molar-refractivity contribution >= 4 is 29.3 Å². The molecule has 0 saturated heterocycles. The Hall–Kier alpha value is -0.670. The Balaban J connectivity index is 0.00000112. The van der Waals surface area contributed by atoms with E-state index in [0.717, 1.165) is 13.0 Å². The minimum atomic E-state index is 0. The monoisotopic (exact) mass is 242 g/mol. The summed E-state index contributed by atoms with van der Waals surface area (Å²) < 4.78 is 0.104. The van der Waals surface area contributed by atoms with Gasteiger partial charge in [0.15, 0.2) is 5.17 Å². The van der Waals surface area contributed by atoms with Gasteiger partial charge in [-0.2, -0.15) is 0 Å². The summed E-state index contributed by atoms with van der Waals surface area (Å²) in [5.41, 5.74) is 7.10. The van der Waals surface area contributed by atoms with E-state index < -0.39 is 0 Å². The van der Waals surface area contributed by atoms with E-state index in [0.29, 0.717) is 5.17 Å². The second kappa shape index (κ2) is 4.90. The van der Waals surface area contributed by atoms with Gasteiger partial charge in [-0.3, -0.25) is 4.99 Å². The van der Waals surface area contributed by atoms with E-state index in [2.05, 4.69) is 36.2 Å². The summed E-state index contributed by atoms with van der Waals surface area (Å²) >= 11 is 1.67. The third kappa shape index (κ3) is 2.67. The number of rotatable bonds is 1. The lowest BCUT2D eigenvalue weighted by Crippen LogP contribution is -2.28. The Bertz CT molecular complexity index is 353. The number of aliphatic imine (C=N–C) groups is 1. The SMILES string of the molecule is CC1(c2ccccc2)CCN=C(N)S1.Cl. The van der Waals surface area contributed by atoms with Gasteiger partial charge in [0.25, 0.3) is 0 Å². The van der Waals surface area contributed by atoms with Crippen molar-refractivity contribution in [2.24, 2.45) is 10.7 Å². The quantitative estimate of drug-likeness (QED) is 0.823. The molecular weight excluding hydrogens is 228 g/mol. The van der Waals surface area contributed by atoms with Crippen LogP contribution in [-0.2, 0) is 4.75 Å². The summed E-state index contributed by atoms with van der Waals surface area (Å²) in [5, 5.41) is 0.711. The first-order valence-electron chi connectivity index (χ1n) is 4.75. The van der Waals surface area contributed by atoms with Crippen LogP contribution >= 0.6 is 24.2 Å². The van der Waals surface area contributed by atoms with Crippen molar-refractivity contribution in [2.45, 2.75) is 18.1 Å². The zero-order valence-corrected chi connectivity index (χ0v) is 10.3. The number of amidine groups is 1. The molecule has 4 heteroatoms. The molecule has 0 amide bonds. The molecule has 1 heterocycles. The molecule has 0 aromatic heterocycles. The summed E-state index contributed by atoms with van der Waals surface area (Å²) in [6.45, 7) is 3.07. The van der Waals surface area contributed by atoms with E-state index >= 15 is 0 Å². The van der Waals surface area contributed by atoms with E-state index in [9.17, 15) is 0 Å². The van der Waals surface area contributed by atoms with Gasteiger partial charge in [0.1, 0.15) is 0 Å². The number of hydrogen-bond donors (Lipinski definition) is 1. The van der Waals surface area contributed by atoms with Crippen molar-refractivity contribution in [3.63, 3.8) is 0 Å². The lowest BCUT2D eigenvalue weighted by molar-refractivity contribution is 0.628. The van der Waals surface area contributed by atoms with Crippen LogP contribution < -0.4 is 5.73 Å². The van der Waals surface area contributed by atoms with Gasteiger partial charge in [0.05, 0.1) is 0 Å². The number of hydrogen-bond acceptors (Lipinski definition) is 3. The largest absolute Gasteiger partial charge is 0.379 e. The summed E-state index contributed by atoms with van der Waals surface area (Å²) in [6, 6.07) is 10.5. The van der Waals surface area contributed by atoms with Gasteiger partial charge in [0, 0.05) is 11.3 Å². The lowest BCUT2D eigenvalue weighted by Gasteiger charge is -2.31. The first-order valence-corrected chi connectivity index (χ1v) is 5.57. The third-order valence-electron chi connectivity index (χ3n) is 2.57. The van der Waals surface area contributed by atoms with Gasteiger partial charge in [-0.25, -0.2) is 0 Å². The smallest absolute Gasteiger partial charge is 0.154 e. The molecule has 2 rings (SSSR count). The van der Waals surface area contributed by atoms with Crippen LogP contribution in [0.5, 0.6) is 0 Å². The highest BCUT2D eigenvalue weighted by Gasteiger charge is 2.30. The van der Waals surface area contributed by atoms with Crippen molar-refractivity contribution in [3.05, 3.63) is 35.9 Å². The van der Waals surface area contributed by atoms with Crippen LogP contribution in [0.4, 0.5) is 0 Å². The first kappa shape index (κ1) is 12.4. The Kier molecular flexibility index (Phi) is 4.05. The fourth-order valence-electron chi connectivity index (χ4n) is 1.69. The van der Waals surface area contributed by atoms with Crippen LogP contribution in [0, 0.1) is 0 Å². The Morgan fingerprint density at radius 1 is 1.33 bits per heavy atom. The van der Waals surface area contributed by atoms with Crippen molar-refractivity contribution in [3.8, 4) is 0 Å². The zero-order chi connectivity index (χ0) is 10.0.